The van der Waals surface area contributed by atoms with E-state index in [2.05, 4.69) is 4.98 Å². The molecule has 0 spiro atoms. The molecule has 1 unspecified atom stereocenters. The van der Waals surface area contributed by atoms with Gasteiger partial charge in [0.25, 0.3) is 0 Å². The average molecular weight is 215 g/mol. The Morgan fingerprint density at radius 2 is 2.50 bits per heavy atom. The van der Waals surface area contributed by atoms with E-state index in [-0.39, 0.29) is 12.3 Å². The van der Waals surface area contributed by atoms with Crippen molar-refractivity contribution in [3.63, 3.8) is 0 Å². The Kier molecular flexibility index (Phi) is 4.03. The zero-order valence-electron chi connectivity index (χ0n) is 8.19. The van der Waals surface area contributed by atoms with Crippen LogP contribution in [0.25, 0.3) is 0 Å². The Hall–Kier alpha value is -0.940. The highest BCUT2D eigenvalue weighted by atomic mass is 32.1. The Labute approximate surface area is 86.6 Å². The molecule has 4 nitrogen and oxygen atoms in total. The zero-order valence-corrected chi connectivity index (χ0v) is 9.00. The fourth-order valence-corrected chi connectivity index (χ4v) is 1.99. The van der Waals surface area contributed by atoms with E-state index in [1.165, 1.54) is 11.3 Å². The summed E-state index contributed by atoms with van der Waals surface area (Å²) in [6.45, 7) is 2.35. The van der Waals surface area contributed by atoms with Gasteiger partial charge in [0.2, 0.25) is 0 Å². The van der Waals surface area contributed by atoms with Gasteiger partial charge in [0.1, 0.15) is 5.01 Å². The van der Waals surface area contributed by atoms with E-state index in [1.807, 2.05) is 12.3 Å². The van der Waals surface area contributed by atoms with E-state index in [1.54, 1.807) is 7.11 Å². The number of nitrogens with zero attached hydrogens (tertiary/aromatic N) is 1. The molecular weight excluding hydrogens is 202 g/mol. The highest BCUT2D eigenvalue weighted by Crippen LogP contribution is 2.21. The molecule has 1 aromatic heterocycles. The topological polar surface area (TPSA) is 59.4 Å². The third-order valence-electron chi connectivity index (χ3n) is 1.82. The summed E-state index contributed by atoms with van der Waals surface area (Å²) in [4.78, 5) is 14.7. The van der Waals surface area contributed by atoms with Crippen LogP contribution < -0.4 is 0 Å². The third-order valence-corrected chi connectivity index (χ3v) is 2.66. The van der Waals surface area contributed by atoms with Crippen LogP contribution in [0, 0.1) is 0 Å². The summed E-state index contributed by atoms with van der Waals surface area (Å²) in [6.07, 6.45) is 0.121. The largest absolute Gasteiger partial charge is 0.481 e. The van der Waals surface area contributed by atoms with E-state index < -0.39 is 5.97 Å². The van der Waals surface area contributed by atoms with Gasteiger partial charge in [-0.1, -0.05) is 6.92 Å². The van der Waals surface area contributed by atoms with Crippen LogP contribution in [-0.4, -0.2) is 23.2 Å². The normalized spacial score (nSPS) is 12.7. The van der Waals surface area contributed by atoms with Crippen molar-refractivity contribution in [2.45, 2.75) is 25.9 Å². The van der Waals surface area contributed by atoms with Gasteiger partial charge in [0, 0.05) is 18.4 Å². The van der Waals surface area contributed by atoms with Gasteiger partial charge in [-0.05, 0) is 0 Å². The van der Waals surface area contributed by atoms with Gasteiger partial charge in [-0.25, -0.2) is 4.98 Å². The van der Waals surface area contributed by atoms with Gasteiger partial charge in [-0.3, -0.25) is 4.79 Å². The number of aliphatic carboxylic acids is 1. The van der Waals surface area contributed by atoms with Gasteiger partial charge in [-0.15, -0.1) is 11.3 Å². The smallest absolute Gasteiger partial charge is 0.304 e. The number of hydrogen-bond donors (Lipinski definition) is 1. The van der Waals surface area contributed by atoms with Crippen LogP contribution in [0.2, 0.25) is 0 Å². The van der Waals surface area contributed by atoms with Crippen molar-refractivity contribution in [1.29, 1.82) is 0 Å². The van der Waals surface area contributed by atoms with E-state index in [9.17, 15) is 4.79 Å². The standard InChI is InChI=1S/C9H13NO3S/c1-6(3-9(11)12)7-5-14-8(10-7)4-13-2/h5-6H,3-4H2,1-2H3,(H,11,12). The van der Waals surface area contributed by atoms with Gasteiger partial charge in [-0.2, -0.15) is 0 Å². The first kappa shape index (κ1) is 11.1. The minimum absolute atomic E-state index is 0.0330. The van der Waals surface area contributed by atoms with Crippen molar-refractivity contribution in [3.8, 4) is 0 Å². The van der Waals surface area contributed by atoms with E-state index >= 15 is 0 Å². The Morgan fingerprint density at radius 1 is 1.79 bits per heavy atom. The third kappa shape index (κ3) is 3.08. The number of aromatic nitrogens is 1. The molecule has 1 aromatic rings. The van der Waals surface area contributed by atoms with Crippen molar-refractivity contribution >= 4 is 17.3 Å². The second kappa shape index (κ2) is 5.07. The summed E-state index contributed by atoms with van der Waals surface area (Å²) in [5, 5.41) is 11.4. The molecule has 78 valence electrons. The molecule has 0 aliphatic carbocycles. The first-order valence-corrected chi connectivity index (χ1v) is 5.16. The predicted molar refractivity (Wildman–Crippen MR) is 53.5 cm³/mol. The van der Waals surface area contributed by atoms with E-state index in [0.717, 1.165) is 10.7 Å². The molecule has 0 aliphatic rings. The summed E-state index contributed by atoms with van der Waals surface area (Å²) in [5.74, 6) is -0.826. The summed E-state index contributed by atoms with van der Waals surface area (Å²) in [6, 6.07) is 0. The molecule has 0 amide bonds. The van der Waals surface area contributed by atoms with Crippen LogP contribution in [0.5, 0.6) is 0 Å². The molecule has 1 atom stereocenters. The minimum Gasteiger partial charge on any atom is -0.481 e. The second-order valence-electron chi connectivity index (χ2n) is 3.10. The minimum atomic E-state index is -0.793. The Bertz CT molecular complexity index is 311. The first-order chi connectivity index (χ1) is 6.63. The van der Waals surface area contributed by atoms with Gasteiger partial charge < -0.3 is 9.84 Å². The monoisotopic (exact) mass is 215 g/mol. The maximum Gasteiger partial charge on any atom is 0.304 e. The number of carboxylic acid groups (broad SMARTS) is 1. The molecule has 14 heavy (non-hydrogen) atoms. The molecule has 0 saturated carbocycles. The molecule has 0 fully saturated rings. The lowest BCUT2D eigenvalue weighted by molar-refractivity contribution is -0.137. The number of methoxy groups -OCH3 is 1. The van der Waals surface area contributed by atoms with Crippen molar-refractivity contribution in [1.82, 2.24) is 4.98 Å². The van der Waals surface area contributed by atoms with Crippen molar-refractivity contribution in [3.05, 3.63) is 16.1 Å². The molecule has 0 radical (unpaired) electrons. The van der Waals surface area contributed by atoms with Crippen LogP contribution in [0.15, 0.2) is 5.38 Å². The fourth-order valence-electron chi connectivity index (χ4n) is 1.11. The van der Waals surface area contributed by atoms with Crippen molar-refractivity contribution in [2.75, 3.05) is 7.11 Å². The molecule has 1 rings (SSSR count). The van der Waals surface area contributed by atoms with Crippen molar-refractivity contribution in [2.24, 2.45) is 0 Å². The summed E-state index contributed by atoms with van der Waals surface area (Å²) >= 11 is 1.50. The molecule has 1 heterocycles. The number of carbonyl (C=O) groups is 1. The summed E-state index contributed by atoms with van der Waals surface area (Å²) in [5.41, 5.74) is 0.837. The predicted octanol–water partition coefficient (Wildman–Crippen LogP) is 1.87. The highest BCUT2D eigenvalue weighted by molar-refractivity contribution is 7.09. The van der Waals surface area contributed by atoms with Crippen LogP contribution in [0.3, 0.4) is 0 Å². The van der Waals surface area contributed by atoms with E-state index in [4.69, 9.17) is 9.84 Å². The average Bonchev–Trinajstić information content (AvgIpc) is 2.52. The number of thiazole rings is 1. The lowest BCUT2D eigenvalue weighted by Gasteiger charge is -2.03. The lowest BCUT2D eigenvalue weighted by atomic mass is 10.1. The quantitative estimate of drug-likeness (QED) is 0.814. The van der Waals surface area contributed by atoms with Crippen LogP contribution in [-0.2, 0) is 16.1 Å². The molecule has 0 saturated heterocycles. The molecule has 0 aliphatic heterocycles. The number of hydrogen-bond acceptors (Lipinski definition) is 4. The summed E-state index contributed by atoms with van der Waals surface area (Å²) in [7, 11) is 1.61. The zero-order chi connectivity index (χ0) is 10.6. The lowest BCUT2D eigenvalue weighted by Crippen LogP contribution is -2.03. The SMILES string of the molecule is COCc1nc(C(C)CC(=O)O)cs1. The molecular formula is C9H13NO3S. The van der Waals surface area contributed by atoms with Crippen LogP contribution in [0.1, 0.15) is 30.0 Å². The Balaban J connectivity index is 2.61. The highest BCUT2D eigenvalue weighted by Gasteiger charge is 2.13. The first-order valence-electron chi connectivity index (χ1n) is 4.28. The van der Waals surface area contributed by atoms with Crippen molar-refractivity contribution < 1.29 is 14.6 Å². The maximum absolute atomic E-state index is 10.5. The number of ether oxygens (including phenoxy) is 1. The Morgan fingerprint density at radius 3 is 3.07 bits per heavy atom. The number of carboxylic acids is 1. The second-order valence-corrected chi connectivity index (χ2v) is 4.04. The maximum atomic E-state index is 10.5. The van der Waals surface area contributed by atoms with Crippen LogP contribution >= 0.6 is 11.3 Å². The van der Waals surface area contributed by atoms with Gasteiger partial charge in [0.15, 0.2) is 0 Å². The van der Waals surface area contributed by atoms with Gasteiger partial charge >= 0.3 is 5.97 Å². The fraction of sp³-hybridized carbons (Fsp3) is 0.556. The molecule has 5 heteroatoms. The number of rotatable bonds is 5. The molecule has 0 aromatic carbocycles. The molecule has 1 N–H and O–H groups in total. The van der Waals surface area contributed by atoms with Crippen LogP contribution in [0.4, 0.5) is 0 Å². The van der Waals surface area contributed by atoms with E-state index in [0.29, 0.717) is 6.61 Å². The molecule has 0 bridgehead atoms. The van der Waals surface area contributed by atoms with Gasteiger partial charge in [0.05, 0.1) is 18.7 Å². The summed E-state index contributed by atoms with van der Waals surface area (Å²) < 4.78 is 4.93.